The highest BCUT2D eigenvalue weighted by atomic mass is 15.1. The second-order valence-corrected chi connectivity index (χ2v) is 15.7. The molecule has 3 unspecified atom stereocenters. The minimum Gasteiger partial charge on any atom is -0.369 e. The first kappa shape index (κ1) is 57.5. The smallest absolute Gasteiger partial charge is 0.0526 e. The third kappa shape index (κ3) is 29.8. The van der Waals surface area contributed by atoms with Gasteiger partial charge in [0.1, 0.15) is 0 Å². The van der Waals surface area contributed by atoms with Gasteiger partial charge in [0, 0.05) is 13.1 Å². The van der Waals surface area contributed by atoms with Crippen molar-refractivity contribution in [1.82, 2.24) is 4.90 Å². The van der Waals surface area contributed by atoms with Crippen molar-refractivity contribution in [3.63, 3.8) is 0 Å². The van der Waals surface area contributed by atoms with E-state index in [2.05, 4.69) is 139 Å². The van der Waals surface area contributed by atoms with Crippen LogP contribution in [0.25, 0.3) is 0 Å². The Bertz CT molecular complexity index is 1100. The second kappa shape index (κ2) is 36.7. The Morgan fingerprint density at radius 1 is 0.774 bits per heavy atom. The molecule has 2 aliphatic rings. The van der Waals surface area contributed by atoms with Gasteiger partial charge in [0.05, 0.1) is 5.70 Å². The number of hydrogen-bond acceptors (Lipinski definition) is 1. The molecule has 1 aliphatic heterocycles. The van der Waals surface area contributed by atoms with Gasteiger partial charge in [0.25, 0.3) is 0 Å². The van der Waals surface area contributed by atoms with Gasteiger partial charge in [0.2, 0.25) is 0 Å². The van der Waals surface area contributed by atoms with Crippen molar-refractivity contribution in [3.8, 4) is 0 Å². The molecule has 1 nitrogen and oxygen atoms in total. The monoisotopic (exact) mass is 736 g/mol. The molecule has 3 rings (SSSR count). The summed E-state index contributed by atoms with van der Waals surface area (Å²) in [6, 6.07) is 7.00. The Hall–Kier alpha value is -2.24. The van der Waals surface area contributed by atoms with Crippen LogP contribution in [0.4, 0.5) is 0 Å². The van der Waals surface area contributed by atoms with Crippen molar-refractivity contribution < 1.29 is 0 Å². The van der Waals surface area contributed by atoms with Gasteiger partial charge in [-0.25, -0.2) is 0 Å². The molecule has 0 spiro atoms. The van der Waals surface area contributed by atoms with Gasteiger partial charge < -0.3 is 4.90 Å². The van der Waals surface area contributed by atoms with Crippen LogP contribution in [0.5, 0.6) is 0 Å². The summed E-state index contributed by atoms with van der Waals surface area (Å²) in [5, 5.41) is 0. The lowest BCUT2D eigenvalue weighted by Gasteiger charge is -2.35. The molecular formula is C52H97N. The van der Waals surface area contributed by atoms with E-state index in [1.807, 2.05) is 41.5 Å². The van der Waals surface area contributed by atoms with Crippen molar-refractivity contribution >= 4 is 0 Å². The fraction of sp³-hybridized carbons (Fsp3) is 0.712. The number of nitrogens with zero attached hydrogens (tertiary/aromatic N) is 1. The topological polar surface area (TPSA) is 3.24 Å². The zero-order chi connectivity index (χ0) is 42.1. The quantitative estimate of drug-likeness (QED) is 0.171. The van der Waals surface area contributed by atoms with Gasteiger partial charge in [-0.2, -0.15) is 0 Å². The lowest BCUT2D eigenvalue weighted by molar-refractivity contribution is 0.168. The van der Waals surface area contributed by atoms with Crippen LogP contribution < -0.4 is 0 Å². The molecule has 1 saturated heterocycles. The summed E-state index contributed by atoms with van der Waals surface area (Å²) in [6.45, 7) is 54.8. The molecule has 310 valence electrons. The summed E-state index contributed by atoms with van der Waals surface area (Å²) in [6.07, 6.45) is 14.4. The maximum atomic E-state index is 4.02. The van der Waals surface area contributed by atoms with E-state index < -0.39 is 0 Å². The molecule has 1 saturated carbocycles. The van der Waals surface area contributed by atoms with Crippen molar-refractivity contribution in [1.29, 1.82) is 0 Å². The van der Waals surface area contributed by atoms with E-state index in [-0.39, 0.29) is 0 Å². The van der Waals surface area contributed by atoms with Crippen LogP contribution >= 0.6 is 0 Å². The number of aryl methyl sites for hydroxylation is 2. The van der Waals surface area contributed by atoms with Crippen molar-refractivity contribution in [2.45, 2.75) is 202 Å². The number of rotatable bonds is 10. The Labute approximate surface area is 337 Å². The lowest BCUT2D eigenvalue weighted by atomic mass is 9.71. The van der Waals surface area contributed by atoms with Crippen LogP contribution in [-0.2, 0) is 6.42 Å². The van der Waals surface area contributed by atoms with Crippen molar-refractivity contribution in [3.05, 3.63) is 88.3 Å². The zero-order valence-electron chi connectivity index (χ0n) is 39.9. The van der Waals surface area contributed by atoms with Gasteiger partial charge in [-0.3, -0.25) is 0 Å². The predicted octanol–water partition coefficient (Wildman–Crippen LogP) is 17.5. The zero-order valence-corrected chi connectivity index (χ0v) is 39.9. The summed E-state index contributed by atoms with van der Waals surface area (Å²) >= 11 is 0. The molecule has 53 heavy (non-hydrogen) atoms. The summed E-state index contributed by atoms with van der Waals surface area (Å²) in [7, 11) is 0. The molecule has 0 N–H and O–H groups in total. The van der Waals surface area contributed by atoms with E-state index in [4.69, 9.17) is 0 Å². The highest BCUT2D eigenvalue weighted by Gasteiger charge is 2.27. The summed E-state index contributed by atoms with van der Waals surface area (Å²) in [5.41, 5.74) is 14.2. The van der Waals surface area contributed by atoms with Crippen LogP contribution in [0.15, 0.2) is 71.7 Å². The molecule has 3 atom stereocenters. The fourth-order valence-corrected chi connectivity index (χ4v) is 6.87. The van der Waals surface area contributed by atoms with Gasteiger partial charge in [-0.1, -0.05) is 143 Å². The molecule has 1 heteroatoms. The van der Waals surface area contributed by atoms with E-state index >= 15 is 0 Å². The molecule has 1 heterocycles. The SMILES string of the molecule is C=C(C)CCCC.C=C=C(C)N1CCC(C(=C)C)CC1.CC.CC.CC.CCCC(C)=C(C)C.Cc1ccc(CC(C)C2CC(C)CC(C)C2)cc1C. The van der Waals surface area contributed by atoms with E-state index in [0.29, 0.717) is 0 Å². The van der Waals surface area contributed by atoms with Gasteiger partial charge >= 0.3 is 0 Å². The van der Waals surface area contributed by atoms with Gasteiger partial charge in [-0.15, -0.1) is 12.3 Å². The van der Waals surface area contributed by atoms with Gasteiger partial charge in [0.15, 0.2) is 0 Å². The molecule has 0 aromatic heterocycles. The normalized spacial score (nSPS) is 17.8. The van der Waals surface area contributed by atoms with E-state index in [0.717, 1.165) is 42.7 Å². The number of allylic oxidation sites excluding steroid dienone is 5. The second-order valence-electron chi connectivity index (χ2n) is 15.7. The average molecular weight is 736 g/mol. The Morgan fingerprint density at radius 3 is 1.62 bits per heavy atom. The minimum atomic E-state index is 0.730. The first-order chi connectivity index (χ1) is 25.1. The summed E-state index contributed by atoms with van der Waals surface area (Å²) in [5.74, 6) is 4.34. The van der Waals surface area contributed by atoms with E-state index in [9.17, 15) is 0 Å². The molecule has 1 aliphatic carbocycles. The summed E-state index contributed by atoms with van der Waals surface area (Å²) < 4.78 is 0. The number of benzene rings is 1. The standard InChI is InChI=1S/C19H30.C12H19N.C8H16.C7H14.3C2H6/c1-13-8-14(2)10-19(9-13)17(5)12-18-7-6-15(3)16(4)11-18;1-5-11(4)13-8-6-12(7-9-13)10(2)3;1-5-6-8(4)7(2)3;1-4-5-6-7(2)3;3*1-2/h6-7,11,13-14,17,19H,8-10,12H2,1-5H3;12H,1-2,6-9H2,3-4H3;5-6H2,1-4H3;2,4-6H2,1,3H3;3*1-2H3. The maximum Gasteiger partial charge on any atom is 0.0526 e. The first-order valence-electron chi connectivity index (χ1n) is 22.2. The lowest BCUT2D eigenvalue weighted by Crippen LogP contribution is -2.32. The molecular weight excluding hydrogens is 639 g/mol. The van der Waals surface area contributed by atoms with Crippen LogP contribution in [0.1, 0.15) is 199 Å². The molecule has 2 fully saturated rings. The third-order valence-corrected chi connectivity index (χ3v) is 10.5. The molecule has 1 aromatic rings. The largest absolute Gasteiger partial charge is 0.369 e. The van der Waals surface area contributed by atoms with Crippen LogP contribution in [0.2, 0.25) is 0 Å². The number of likely N-dealkylation sites (tertiary alicyclic amines) is 1. The third-order valence-electron chi connectivity index (χ3n) is 10.5. The molecule has 0 amide bonds. The van der Waals surface area contributed by atoms with Crippen LogP contribution in [0, 0.1) is 43.4 Å². The number of piperidine rings is 1. The number of hydrogen-bond donors (Lipinski definition) is 0. The highest BCUT2D eigenvalue weighted by molar-refractivity contribution is 5.30. The van der Waals surface area contributed by atoms with Crippen LogP contribution in [0.3, 0.4) is 0 Å². The fourth-order valence-electron chi connectivity index (χ4n) is 6.87. The molecule has 0 bridgehead atoms. The summed E-state index contributed by atoms with van der Waals surface area (Å²) in [4.78, 5) is 2.35. The van der Waals surface area contributed by atoms with Crippen molar-refractivity contribution in [2.24, 2.45) is 29.6 Å². The predicted molar refractivity (Wildman–Crippen MR) is 249 cm³/mol. The van der Waals surface area contributed by atoms with Crippen LogP contribution in [-0.4, -0.2) is 18.0 Å². The molecule has 1 aromatic carbocycles. The van der Waals surface area contributed by atoms with Gasteiger partial charge in [-0.05, 0) is 159 Å². The van der Waals surface area contributed by atoms with Crippen molar-refractivity contribution in [2.75, 3.05) is 13.1 Å². The number of unbranched alkanes of at least 4 members (excludes halogenated alkanes) is 1. The maximum absolute atomic E-state index is 4.02. The Morgan fingerprint density at radius 2 is 1.28 bits per heavy atom. The minimum absolute atomic E-state index is 0.730. The first-order valence-corrected chi connectivity index (χ1v) is 22.2. The highest BCUT2D eigenvalue weighted by Crippen LogP contribution is 2.38. The average Bonchev–Trinajstić information content (AvgIpc) is 3.15. The Kier molecular flexibility index (Phi) is 39.8. The van der Waals surface area contributed by atoms with E-state index in [1.54, 1.807) is 5.57 Å². The Balaban J connectivity index is -0.000000308. The molecule has 0 radical (unpaired) electrons. The van der Waals surface area contributed by atoms with E-state index in [1.165, 1.54) is 110 Å².